The Morgan fingerprint density at radius 3 is 2.67 bits per heavy atom. The van der Waals surface area contributed by atoms with Crippen molar-refractivity contribution in [3.05, 3.63) is 20.3 Å². The van der Waals surface area contributed by atoms with Gasteiger partial charge in [-0.2, -0.15) is 0 Å². The summed E-state index contributed by atoms with van der Waals surface area (Å²) in [4.78, 5) is 13.7. The van der Waals surface area contributed by atoms with Crippen LogP contribution in [0.4, 0.5) is 4.79 Å². The average Bonchev–Trinajstić information content (AvgIpc) is 2.52. The molecule has 1 heterocycles. The van der Waals surface area contributed by atoms with Crippen LogP contribution in [0.3, 0.4) is 0 Å². The molecule has 3 N–H and O–H groups in total. The lowest BCUT2D eigenvalue weighted by molar-refractivity contribution is 0.0524. The molecule has 1 aromatic rings. The van der Waals surface area contributed by atoms with Gasteiger partial charge in [0.15, 0.2) is 0 Å². The molecule has 6 heteroatoms. The van der Waals surface area contributed by atoms with Crippen LogP contribution in [0.25, 0.3) is 0 Å². The van der Waals surface area contributed by atoms with E-state index in [0.717, 1.165) is 9.35 Å². The molecule has 0 aliphatic carbocycles. The van der Waals surface area contributed by atoms with E-state index in [2.05, 4.69) is 21.2 Å². The Hall–Kier alpha value is -0.590. The van der Waals surface area contributed by atoms with Gasteiger partial charge >= 0.3 is 6.09 Å². The molecule has 102 valence electrons. The fourth-order valence-electron chi connectivity index (χ4n) is 1.35. The third-order valence-electron chi connectivity index (χ3n) is 2.04. The lowest BCUT2D eigenvalue weighted by Crippen LogP contribution is -2.36. The summed E-state index contributed by atoms with van der Waals surface area (Å²) in [5, 5.41) is 2.67. The topological polar surface area (TPSA) is 64.3 Å². The fourth-order valence-corrected chi connectivity index (χ4v) is 3.30. The smallest absolute Gasteiger partial charge is 0.407 e. The first-order valence-corrected chi connectivity index (χ1v) is 7.28. The van der Waals surface area contributed by atoms with Gasteiger partial charge in [-0.15, -0.1) is 11.3 Å². The number of rotatable bonds is 3. The minimum atomic E-state index is -0.492. The number of alkyl carbamates (subject to hydrolysis) is 1. The molecule has 0 bridgehead atoms. The van der Waals surface area contributed by atoms with Gasteiger partial charge in [-0.3, -0.25) is 0 Å². The molecule has 1 amide bonds. The fraction of sp³-hybridized carbons (Fsp3) is 0.583. The predicted octanol–water partition coefficient (Wildman–Crippen LogP) is 3.34. The molecule has 18 heavy (non-hydrogen) atoms. The quantitative estimate of drug-likeness (QED) is 0.890. The third-order valence-corrected chi connectivity index (χ3v) is 4.14. The molecule has 1 aromatic heterocycles. The zero-order valence-corrected chi connectivity index (χ0v) is 13.4. The van der Waals surface area contributed by atoms with Gasteiger partial charge in [0.1, 0.15) is 5.60 Å². The van der Waals surface area contributed by atoms with Crippen LogP contribution in [0, 0.1) is 6.92 Å². The molecule has 0 aromatic carbocycles. The summed E-state index contributed by atoms with van der Waals surface area (Å²) in [5.74, 6) is 0. The number of amides is 1. The van der Waals surface area contributed by atoms with E-state index >= 15 is 0 Å². The first-order chi connectivity index (χ1) is 8.19. The van der Waals surface area contributed by atoms with Gasteiger partial charge in [0.2, 0.25) is 0 Å². The van der Waals surface area contributed by atoms with Crippen LogP contribution in [0.15, 0.2) is 10.5 Å². The van der Waals surface area contributed by atoms with Gasteiger partial charge in [0, 0.05) is 20.8 Å². The summed E-state index contributed by atoms with van der Waals surface area (Å²) < 4.78 is 6.13. The lowest BCUT2D eigenvalue weighted by atomic mass is 10.2. The highest BCUT2D eigenvalue weighted by molar-refractivity contribution is 9.10. The Labute approximate surface area is 120 Å². The van der Waals surface area contributed by atoms with E-state index < -0.39 is 11.7 Å². The normalized spacial score (nSPS) is 13.2. The molecule has 0 saturated carbocycles. The maximum Gasteiger partial charge on any atom is 0.407 e. The number of carbonyl (C=O) groups is 1. The SMILES string of the molecule is Cc1cc(Br)c(C(N)CNC(=O)OC(C)(C)C)s1. The van der Waals surface area contributed by atoms with Crippen LogP contribution in [0.2, 0.25) is 0 Å². The molecule has 0 saturated heterocycles. The number of hydrogen-bond acceptors (Lipinski definition) is 4. The zero-order valence-electron chi connectivity index (χ0n) is 11.0. The zero-order chi connectivity index (χ0) is 13.9. The molecule has 1 atom stereocenters. The van der Waals surface area contributed by atoms with Crippen LogP contribution in [-0.2, 0) is 4.74 Å². The number of carbonyl (C=O) groups excluding carboxylic acids is 1. The molecule has 1 rings (SSSR count). The van der Waals surface area contributed by atoms with Gasteiger partial charge in [-0.1, -0.05) is 0 Å². The van der Waals surface area contributed by atoms with Gasteiger partial charge in [0.05, 0.1) is 6.04 Å². The molecule has 0 fully saturated rings. The Bertz CT molecular complexity index is 426. The molecule has 0 aliphatic heterocycles. The Morgan fingerprint density at radius 2 is 2.22 bits per heavy atom. The minimum absolute atomic E-state index is 0.231. The van der Waals surface area contributed by atoms with E-state index in [1.807, 2.05) is 33.8 Å². The highest BCUT2D eigenvalue weighted by atomic mass is 79.9. The summed E-state index contributed by atoms with van der Waals surface area (Å²) in [6.45, 7) is 7.85. The standard InChI is InChI=1S/C12H19BrN2O2S/c1-7-5-8(13)10(18-7)9(14)6-15-11(16)17-12(2,3)4/h5,9H,6,14H2,1-4H3,(H,15,16). The highest BCUT2D eigenvalue weighted by Gasteiger charge is 2.18. The monoisotopic (exact) mass is 334 g/mol. The third kappa shape index (κ3) is 4.96. The lowest BCUT2D eigenvalue weighted by Gasteiger charge is -2.20. The van der Waals surface area contributed by atoms with E-state index in [0.29, 0.717) is 6.54 Å². The first kappa shape index (κ1) is 15.5. The van der Waals surface area contributed by atoms with Crippen molar-refractivity contribution in [3.63, 3.8) is 0 Å². The van der Waals surface area contributed by atoms with Crippen molar-refractivity contribution in [2.75, 3.05) is 6.54 Å². The number of nitrogens with two attached hydrogens (primary N) is 1. The summed E-state index contributed by atoms with van der Waals surface area (Å²) in [6, 6.07) is 1.79. The number of ether oxygens (including phenoxy) is 1. The number of thiophene rings is 1. The van der Waals surface area contributed by atoms with Crippen molar-refractivity contribution < 1.29 is 9.53 Å². The summed E-state index contributed by atoms with van der Waals surface area (Å²) in [7, 11) is 0. The van der Waals surface area contributed by atoms with E-state index in [1.54, 1.807) is 11.3 Å². The second kappa shape index (κ2) is 6.04. The van der Waals surface area contributed by atoms with Crippen molar-refractivity contribution in [2.45, 2.75) is 39.3 Å². The van der Waals surface area contributed by atoms with Crippen LogP contribution < -0.4 is 11.1 Å². The minimum Gasteiger partial charge on any atom is -0.444 e. The van der Waals surface area contributed by atoms with Crippen molar-refractivity contribution >= 4 is 33.4 Å². The van der Waals surface area contributed by atoms with Gasteiger partial charge < -0.3 is 15.8 Å². The second-order valence-electron chi connectivity index (χ2n) is 5.06. The van der Waals surface area contributed by atoms with E-state index in [1.165, 1.54) is 4.88 Å². The number of nitrogens with one attached hydrogen (secondary N) is 1. The molecule has 0 radical (unpaired) electrons. The summed E-state index contributed by atoms with van der Waals surface area (Å²) >= 11 is 5.08. The van der Waals surface area contributed by atoms with Gasteiger partial charge in [-0.05, 0) is 49.7 Å². The van der Waals surface area contributed by atoms with Crippen molar-refractivity contribution in [3.8, 4) is 0 Å². The highest BCUT2D eigenvalue weighted by Crippen LogP contribution is 2.30. The maximum absolute atomic E-state index is 11.5. The van der Waals surface area contributed by atoms with Crippen molar-refractivity contribution in [1.82, 2.24) is 5.32 Å². The van der Waals surface area contributed by atoms with Crippen molar-refractivity contribution in [1.29, 1.82) is 0 Å². The van der Waals surface area contributed by atoms with Crippen LogP contribution in [-0.4, -0.2) is 18.2 Å². The van der Waals surface area contributed by atoms with E-state index in [-0.39, 0.29) is 6.04 Å². The number of halogens is 1. The maximum atomic E-state index is 11.5. The summed E-state index contributed by atoms with van der Waals surface area (Å²) in [6.07, 6.45) is -0.442. The van der Waals surface area contributed by atoms with E-state index in [9.17, 15) is 4.79 Å². The molecule has 4 nitrogen and oxygen atoms in total. The predicted molar refractivity (Wildman–Crippen MR) is 77.9 cm³/mol. The van der Waals surface area contributed by atoms with Gasteiger partial charge in [-0.25, -0.2) is 4.79 Å². The molecular weight excluding hydrogens is 316 g/mol. The molecule has 0 spiro atoms. The Balaban J connectivity index is 2.49. The molecular formula is C12H19BrN2O2S. The largest absolute Gasteiger partial charge is 0.444 e. The van der Waals surface area contributed by atoms with E-state index in [4.69, 9.17) is 10.5 Å². The number of aryl methyl sites for hydroxylation is 1. The second-order valence-corrected chi connectivity index (χ2v) is 7.20. The molecule has 1 unspecified atom stereocenters. The first-order valence-electron chi connectivity index (χ1n) is 5.67. The van der Waals surface area contributed by atoms with Crippen LogP contribution in [0.1, 0.15) is 36.6 Å². The number of hydrogen-bond donors (Lipinski definition) is 2. The summed E-state index contributed by atoms with van der Waals surface area (Å²) in [5.41, 5.74) is 5.54. The van der Waals surface area contributed by atoms with Crippen LogP contribution in [0.5, 0.6) is 0 Å². The Kier molecular flexibility index (Phi) is 5.19. The van der Waals surface area contributed by atoms with Gasteiger partial charge in [0.25, 0.3) is 0 Å². The average molecular weight is 335 g/mol. The molecule has 0 aliphatic rings. The van der Waals surface area contributed by atoms with Crippen LogP contribution >= 0.6 is 27.3 Å². The van der Waals surface area contributed by atoms with Crippen molar-refractivity contribution in [2.24, 2.45) is 5.73 Å². The Morgan fingerprint density at radius 1 is 1.61 bits per heavy atom.